The summed E-state index contributed by atoms with van der Waals surface area (Å²) < 4.78 is 19.1. The quantitative estimate of drug-likeness (QED) is 0.868. The predicted octanol–water partition coefficient (Wildman–Crippen LogP) is 3.50. The standard InChI is InChI=1S/C14H20FNO/c1-10-6-7-14(13(15)8-10)16-11-4-3-5-12(9-11)17-2/h6-8,11-12,16H,3-5,9H2,1-2H3. The molecule has 0 saturated heterocycles. The monoisotopic (exact) mass is 237 g/mol. The lowest BCUT2D eigenvalue weighted by Crippen LogP contribution is -2.31. The minimum Gasteiger partial charge on any atom is -0.381 e. The van der Waals surface area contributed by atoms with E-state index in [4.69, 9.17) is 4.74 Å². The lowest BCUT2D eigenvalue weighted by atomic mass is 9.92. The van der Waals surface area contributed by atoms with Crippen molar-refractivity contribution >= 4 is 5.69 Å². The van der Waals surface area contributed by atoms with Crippen LogP contribution in [0.3, 0.4) is 0 Å². The summed E-state index contributed by atoms with van der Waals surface area (Å²) in [5, 5.41) is 3.29. The fraction of sp³-hybridized carbons (Fsp3) is 0.571. The van der Waals surface area contributed by atoms with Crippen molar-refractivity contribution in [3.05, 3.63) is 29.6 Å². The van der Waals surface area contributed by atoms with Gasteiger partial charge in [0.05, 0.1) is 11.8 Å². The summed E-state index contributed by atoms with van der Waals surface area (Å²) >= 11 is 0. The van der Waals surface area contributed by atoms with Crippen LogP contribution in [0.1, 0.15) is 31.2 Å². The molecule has 3 heteroatoms. The lowest BCUT2D eigenvalue weighted by molar-refractivity contribution is 0.0669. The normalized spacial score (nSPS) is 24.6. The molecule has 1 aromatic carbocycles. The summed E-state index contributed by atoms with van der Waals surface area (Å²) in [7, 11) is 1.75. The van der Waals surface area contributed by atoms with E-state index in [-0.39, 0.29) is 5.82 Å². The molecule has 1 aromatic rings. The molecule has 2 unspecified atom stereocenters. The van der Waals surface area contributed by atoms with E-state index in [2.05, 4.69) is 5.32 Å². The van der Waals surface area contributed by atoms with Crippen LogP contribution in [0, 0.1) is 12.7 Å². The molecule has 1 N–H and O–H groups in total. The molecule has 0 bridgehead atoms. The molecule has 2 nitrogen and oxygen atoms in total. The Bertz CT molecular complexity index is 380. The smallest absolute Gasteiger partial charge is 0.146 e. The first kappa shape index (κ1) is 12.4. The molecule has 1 aliphatic carbocycles. The maximum absolute atomic E-state index is 13.7. The highest BCUT2D eigenvalue weighted by Gasteiger charge is 2.22. The van der Waals surface area contributed by atoms with Crippen LogP contribution in [0.25, 0.3) is 0 Å². The third-order valence-corrected chi connectivity index (χ3v) is 3.44. The van der Waals surface area contributed by atoms with Crippen LogP contribution in [0.2, 0.25) is 0 Å². The van der Waals surface area contributed by atoms with Gasteiger partial charge in [-0.25, -0.2) is 4.39 Å². The van der Waals surface area contributed by atoms with Gasteiger partial charge >= 0.3 is 0 Å². The van der Waals surface area contributed by atoms with Crippen molar-refractivity contribution in [2.45, 2.75) is 44.8 Å². The molecular formula is C14H20FNO. The highest BCUT2D eigenvalue weighted by molar-refractivity contribution is 5.47. The van der Waals surface area contributed by atoms with Crippen LogP contribution in [0.5, 0.6) is 0 Å². The van der Waals surface area contributed by atoms with Crippen molar-refractivity contribution in [1.29, 1.82) is 0 Å². The lowest BCUT2D eigenvalue weighted by Gasteiger charge is -2.29. The molecular weight excluding hydrogens is 217 g/mol. The Kier molecular flexibility index (Phi) is 4.00. The number of hydrogen-bond donors (Lipinski definition) is 1. The zero-order chi connectivity index (χ0) is 12.3. The number of halogens is 1. The number of rotatable bonds is 3. The maximum atomic E-state index is 13.7. The van der Waals surface area contributed by atoms with Gasteiger partial charge in [0.2, 0.25) is 0 Å². The van der Waals surface area contributed by atoms with Crippen molar-refractivity contribution in [1.82, 2.24) is 0 Å². The number of hydrogen-bond acceptors (Lipinski definition) is 2. The topological polar surface area (TPSA) is 21.3 Å². The Morgan fingerprint density at radius 2 is 2.18 bits per heavy atom. The second-order valence-electron chi connectivity index (χ2n) is 4.85. The molecule has 1 aliphatic rings. The molecule has 0 spiro atoms. The molecule has 2 rings (SSSR count). The molecule has 2 atom stereocenters. The SMILES string of the molecule is COC1CCCC(Nc2ccc(C)cc2F)C1. The van der Waals surface area contributed by atoms with Gasteiger partial charge in [-0.2, -0.15) is 0 Å². The zero-order valence-electron chi connectivity index (χ0n) is 10.5. The van der Waals surface area contributed by atoms with Crippen LogP contribution >= 0.6 is 0 Å². The summed E-state index contributed by atoms with van der Waals surface area (Å²) in [4.78, 5) is 0. The Balaban J connectivity index is 2.00. The Hall–Kier alpha value is -1.09. The van der Waals surface area contributed by atoms with Gasteiger partial charge in [0.15, 0.2) is 0 Å². The molecule has 1 saturated carbocycles. The van der Waals surface area contributed by atoms with E-state index >= 15 is 0 Å². The van der Waals surface area contributed by atoms with Crippen LogP contribution in [0.4, 0.5) is 10.1 Å². The number of aryl methyl sites for hydroxylation is 1. The minimum atomic E-state index is -0.162. The molecule has 17 heavy (non-hydrogen) atoms. The van der Waals surface area contributed by atoms with Crippen molar-refractivity contribution in [2.75, 3.05) is 12.4 Å². The summed E-state index contributed by atoms with van der Waals surface area (Å²) in [5.41, 5.74) is 1.56. The van der Waals surface area contributed by atoms with Crippen molar-refractivity contribution in [3.63, 3.8) is 0 Å². The largest absolute Gasteiger partial charge is 0.381 e. The Morgan fingerprint density at radius 3 is 2.88 bits per heavy atom. The fourth-order valence-corrected chi connectivity index (χ4v) is 2.45. The van der Waals surface area contributed by atoms with Gasteiger partial charge in [0.1, 0.15) is 5.82 Å². The first-order valence-electron chi connectivity index (χ1n) is 6.24. The number of nitrogens with one attached hydrogen (secondary N) is 1. The summed E-state index contributed by atoms with van der Waals surface area (Å²) in [6.07, 6.45) is 4.63. The third-order valence-electron chi connectivity index (χ3n) is 3.44. The van der Waals surface area contributed by atoms with Gasteiger partial charge < -0.3 is 10.1 Å². The highest BCUT2D eigenvalue weighted by Crippen LogP contribution is 2.25. The highest BCUT2D eigenvalue weighted by atomic mass is 19.1. The van der Waals surface area contributed by atoms with Gasteiger partial charge in [-0.05, 0) is 50.3 Å². The Labute approximate surface area is 102 Å². The van der Waals surface area contributed by atoms with Gasteiger partial charge in [0, 0.05) is 13.2 Å². The third kappa shape index (κ3) is 3.19. The van der Waals surface area contributed by atoms with E-state index in [1.165, 1.54) is 0 Å². The van der Waals surface area contributed by atoms with Crippen molar-refractivity contribution in [3.8, 4) is 0 Å². The second-order valence-corrected chi connectivity index (χ2v) is 4.85. The summed E-state index contributed by atoms with van der Waals surface area (Å²) in [6, 6.07) is 5.65. The van der Waals surface area contributed by atoms with E-state index in [1.807, 2.05) is 19.1 Å². The molecule has 0 heterocycles. The van der Waals surface area contributed by atoms with Gasteiger partial charge in [-0.3, -0.25) is 0 Å². The first-order chi connectivity index (χ1) is 8.19. The van der Waals surface area contributed by atoms with Gasteiger partial charge in [-0.1, -0.05) is 6.07 Å². The Morgan fingerprint density at radius 1 is 1.35 bits per heavy atom. The number of benzene rings is 1. The van der Waals surface area contributed by atoms with Crippen molar-refractivity contribution in [2.24, 2.45) is 0 Å². The molecule has 0 radical (unpaired) electrons. The second kappa shape index (κ2) is 5.50. The van der Waals surface area contributed by atoms with Gasteiger partial charge in [0.25, 0.3) is 0 Å². The molecule has 1 fully saturated rings. The van der Waals surface area contributed by atoms with E-state index in [1.54, 1.807) is 13.2 Å². The van der Waals surface area contributed by atoms with Crippen molar-refractivity contribution < 1.29 is 9.13 Å². The average molecular weight is 237 g/mol. The summed E-state index contributed by atoms with van der Waals surface area (Å²) in [5.74, 6) is -0.162. The molecule has 0 aromatic heterocycles. The van der Waals surface area contributed by atoms with E-state index in [9.17, 15) is 4.39 Å². The van der Waals surface area contributed by atoms with E-state index in [0.717, 1.165) is 31.2 Å². The van der Waals surface area contributed by atoms with E-state index in [0.29, 0.717) is 17.8 Å². The predicted molar refractivity (Wildman–Crippen MR) is 67.8 cm³/mol. The van der Waals surface area contributed by atoms with Crippen LogP contribution in [-0.2, 0) is 4.74 Å². The minimum absolute atomic E-state index is 0.162. The average Bonchev–Trinajstić information content (AvgIpc) is 2.33. The summed E-state index contributed by atoms with van der Waals surface area (Å²) in [6.45, 7) is 1.90. The number of anilines is 1. The first-order valence-corrected chi connectivity index (χ1v) is 6.24. The maximum Gasteiger partial charge on any atom is 0.146 e. The molecule has 0 amide bonds. The molecule has 0 aliphatic heterocycles. The zero-order valence-corrected chi connectivity index (χ0v) is 10.5. The number of methoxy groups -OCH3 is 1. The molecule has 94 valence electrons. The van der Waals surface area contributed by atoms with Crippen LogP contribution in [-0.4, -0.2) is 19.3 Å². The number of ether oxygens (including phenoxy) is 1. The van der Waals surface area contributed by atoms with E-state index < -0.39 is 0 Å². The fourth-order valence-electron chi connectivity index (χ4n) is 2.45. The van der Waals surface area contributed by atoms with Gasteiger partial charge in [-0.15, -0.1) is 0 Å². The van der Waals surface area contributed by atoms with Crippen LogP contribution in [0.15, 0.2) is 18.2 Å². The van der Waals surface area contributed by atoms with Crippen LogP contribution < -0.4 is 5.32 Å².